The van der Waals surface area contributed by atoms with Crippen molar-refractivity contribution in [3.05, 3.63) is 65.3 Å². The Hall–Kier alpha value is -2.64. The second kappa shape index (κ2) is 8.16. The summed E-state index contributed by atoms with van der Waals surface area (Å²) in [4.78, 5) is 16.8. The lowest BCUT2D eigenvalue weighted by Crippen LogP contribution is -2.31. The zero-order valence-corrected chi connectivity index (χ0v) is 16.9. The van der Waals surface area contributed by atoms with Crippen molar-refractivity contribution in [3.8, 4) is 5.75 Å². The van der Waals surface area contributed by atoms with E-state index in [1.807, 2.05) is 13.0 Å². The Morgan fingerprint density at radius 1 is 1.18 bits per heavy atom. The summed E-state index contributed by atoms with van der Waals surface area (Å²) in [6, 6.07) is 13.1. The topological polar surface area (TPSA) is 85.4 Å². The fraction of sp³-hybridized carbons (Fsp3) is 0.200. The van der Waals surface area contributed by atoms with E-state index in [9.17, 15) is 13.2 Å². The summed E-state index contributed by atoms with van der Waals surface area (Å²) in [5.74, 6) is 0.166. The molecule has 0 bridgehead atoms. The van der Waals surface area contributed by atoms with Gasteiger partial charge in [0.05, 0.1) is 16.0 Å². The van der Waals surface area contributed by atoms with E-state index in [4.69, 9.17) is 16.3 Å². The molecule has 3 aromatic rings. The van der Waals surface area contributed by atoms with Crippen LogP contribution in [0.25, 0.3) is 10.9 Å². The fourth-order valence-electron chi connectivity index (χ4n) is 2.74. The number of pyridine rings is 1. The summed E-state index contributed by atoms with van der Waals surface area (Å²) >= 11 is 6.16. The molecule has 1 atom stereocenters. The van der Waals surface area contributed by atoms with Gasteiger partial charge in [0.25, 0.3) is 5.91 Å². The molecule has 28 heavy (non-hydrogen) atoms. The number of carbonyl (C=O) groups excluding carboxylic acids is 1. The van der Waals surface area contributed by atoms with Crippen LogP contribution in [-0.2, 0) is 14.6 Å². The maximum Gasteiger partial charge on any atom is 0.258 e. The average molecular weight is 419 g/mol. The van der Waals surface area contributed by atoms with Gasteiger partial charge in [0.2, 0.25) is 0 Å². The smallest absolute Gasteiger partial charge is 0.258 e. The molecule has 1 amide bonds. The first-order chi connectivity index (χ1) is 13.3. The third-order valence-electron chi connectivity index (χ3n) is 4.22. The highest BCUT2D eigenvalue weighted by Crippen LogP contribution is 2.29. The number of hydrogen-bond acceptors (Lipinski definition) is 5. The van der Waals surface area contributed by atoms with Crippen molar-refractivity contribution in [1.29, 1.82) is 0 Å². The van der Waals surface area contributed by atoms with E-state index in [0.29, 0.717) is 16.3 Å². The van der Waals surface area contributed by atoms with Crippen molar-refractivity contribution in [2.75, 3.05) is 12.9 Å². The molecule has 1 aromatic heterocycles. The SMILES string of the molecule is CC(NC(=O)COc1ccc(Cl)c2cccnc12)c1ccc(S(C)(=O)=O)cc1. The summed E-state index contributed by atoms with van der Waals surface area (Å²) in [5, 5.41) is 4.14. The van der Waals surface area contributed by atoms with E-state index in [2.05, 4.69) is 10.3 Å². The van der Waals surface area contributed by atoms with Crippen molar-refractivity contribution in [2.45, 2.75) is 17.9 Å². The Balaban J connectivity index is 1.64. The van der Waals surface area contributed by atoms with Crippen LogP contribution in [0.2, 0.25) is 5.02 Å². The van der Waals surface area contributed by atoms with Gasteiger partial charge in [0.15, 0.2) is 16.4 Å². The van der Waals surface area contributed by atoms with Crippen molar-refractivity contribution in [1.82, 2.24) is 10.3 Å². The van der Waals surface area contributed by atoms with Gasteiger partial charge >= 0.3 is 0 Å². The predicted octanol–water partition coefficient (Wildman–Crippen LogP) is 3.55. The van der Waals surface area contributed by atoms with Crippen molar-refractivity contribution >= 4 is 38.2 Å². The fourth-order valence-corrected chi connectivity index (χ4v) is 3.59. The van der Waals surface area contributed by atoms with Crippen LogP contribution in [0.15, 0.2) is 59.6 Å². The standard InChI is InChI=1S/C20H19ClN2O4S/c1-13(14-5-7-15(8-6-14)28(2,25)26)23-19(24)12-27-18-10-9-17(21)16-4-3-11-22-20(16)18/h3-11,13H,12H2,1-2H3,(H,23,24). The van der Waals surface area contributed by atoms with E-state index in [1.165, 1.54) is 12.1 Å². The number of rotatable bonds is 6. The molecule has 1 heterocycles. The minimum atomic E-state index is -3.25. The number of nitrogens with one attached hydrogen (secondary N) is 1. The van der Waals surface area contributed by atoms with E-state index in [0.717, 1.165) is 17.2 Å². The summed E-state index contributed by atoms with van der Waals surface area (Å²) in [6.07, 6.45) is 2.79. The van der Waals surface area contributed by atoms with Crippen molar-refractivity contribution < 1.29 is 17.9 Å². The molecule has 3 rings (SSSR count). The molecule has 8 heteroatoms. The van der Waals surface area contributed by atoms with Gasteiger partial charge < -0.3 is 10.1 Å². The van der Waals surface area contributed by atoms with Gasteiger partial charge in [0.1, 0.15) is 11.3 Å². The quantitative estimate of drug-likeness (QED) is 0.661. The van der Waals surface area contributed by atoms with Crippen LogP contribution < -0.4 is 10.1 Å². The summed E-state index contributed by atoms with van der Waals surface area (Å²) in [5.41, 5.74) is 1.38. The average Bonchev–Trinajstić information content (AvgIpc) is 2.67. The minimum Gasteiger partial charge on any atom is -0.481 e. The van der Waals surface area contributed by atoms with Crippen LogP contribution in [-0.4, -0.2) is 32.2 Å². The molecule has 0 radical (unpaired) electrons. The van der Waals surface area contributed by atoms with Gasteiger partial charge in [-0.15, -0.1) is 0 Å². The Labute approximate surface area is 168 Å². The van der Waals surface area contributed by atoms with E-state index in [-0.39, 0.29) is 23.5 Å². The zero-order valence-electron chi connectivity index (χ0n) is 15.3. The maximum atomic E-state index is 12.3. The Morgan fingerprint density at radius 3 is 2.57 bits per heavy atom. The number of benzene rings is 2. The van der Waals surface area contributed by atoms with Gasteiger partial charge in [-0.05, 0) is 48.9 Å². The molecule has 0 aliphatic carbocycles. The molecule has 6 nitrogen and oxygen atoms in total. The largest absolute Gasteiger partial charge is 0.481 e. The molecule has 0 saturated carbocycles. The highest BCUT2D eigenvalue weighted by molar-refractivity contribution is 7.90. The predicted molar refractivity (Wildman–Crippen MR) is 108 cm³/mol. The van der Waals surface area contributed by atoms with Crippen LogP contribution in [0.3, 0.4) is 0 Å². The lowest BCUT2D eigenvalue weighted by molar-refractivity contribution is -0.123. The van der Waals surface area contributed by atoms with Crippen LogP contribution in [0.4, 0.5) is 0 Å². The Morgan fingerprint density at radius 2 is 1.89 bits per heavy atom. The van der Waals surface area contributed by atoms with Gasteiger partial charge in [0, 0.05) is 17.8 Å². The summed E-state index contributed by atoms with van der Waals surface area (Å²) in [6.45, 7) is 1.63. The zero-order chi connectivity index (χ0) is 20.3. The van der Waals surface area contributed by atoms with E-state index < -0.39 is 9.84 Å². The summed E-state index contributed by atoms with van der Waals surface area (Å²) < 4.78 is 28.7. The second-order valence-electron chi connectivity index (χ2n) is 6.36. The van der Waals surface area contributed by atoms with Gasteiger partial charge in [-0.2, -0.15) is 0 Å². The van der Waals surface area contributed by atoms with Crippen molar-refractivity contribution in [3.63, 3.8) is 0 Å². The normalized spacial score (nSPS) is 12.5. The minimum absolute atomic E-state index is 0.181. The third kappa shape index (κ3) is 4.61. The van der Waals surface area contributed by atoms with Crippen LogP contribution in [0.1, 0.15) is 18.5 Å². The number of aromatic nitrogens is 1. The number of sulfone groups is 1. The monoisotopic (exact) mass is 418 g/mol. The van der Waals surface area contributed by atoms with Gasteiger partial charge in [-0.25, -0.2) is 8.42 Å². The number of fused-ring (bicyclic) bond motifs is 1. The van der Waals surface area contributed by atoms with Crippen LogP contribution in [0.5, 0.6) is 5.75 Å². The number of amides is 1. The number of hydrogen-bond donors (Lipinski definition) is 1. The molecule has 0 aliphatic heterocycles. The first-order valence-corrected chi connectivity index (χ1v) is 10.8. The molecule has 1 N–H and O–H groups in total. The van der Waals surface area contributed by atoms with Gasteiger partial charge in [-0.3, -0.25) is 9.78 Å². The molecular formula is C20H19ClN2O4S. The van der Waals surface area contributed by atoms with Crippen LogP contribution >= 0.6 is 11.6 Å². The summed E-state index contributed by atoms with van der Waals surface area (Å²) in [7, 11) is -3.25. The molecule has 2 aromatic carbocycles. The third-order valence-corrected chi connectivity index (χ3v) is 5.68. The molecule has 0 spiro atoms. The molecule has 1 unspecified atom stereocenters. The number of carbonyl (C=O) groups is 1. The highest BCUT2D eigenvalue weighted by Gasteiger charge is 2.13. The molecule has 0 aliphatic rings. The first kappa shape index (κ1) is 20.1. The molecular weight excluding hydrogens is 400 g/mol. The van der Waals surface area contributed by atoms with Crippen molar-refractivity contribution in [2.24, 2.45) is 0 Å². The molecule has 146 valence electrons. The Bertz CT molecular complexity index is 1110. The number of halogens is 1. The first-order valence-electron chi connectivity index (χ1n) is 8.51. The lowest BCUT2D eigenvalue weighted by Gasteiger charge is -2.15. The molecule has 0 saturated heterocycles. The molecule has 0 fully saturated rings. The lowest BCUT2D eigenvalue weighted by atomic mass is 10.1. The van der Waals surface area contributed by atoms with Gasteiger partial charge in [-0.1, -0.05) is 23.7 Å². The number of ether oxygens (including phenoxy) is 1. The Kier molecular flexibility index (Phi) is 5.86. The van der Waals surface area contributed by atoms with Crippen LogP contribution in [0, 0.1) is 0 Å². The van der Waals surface area contributed by atoms with E-state index >= 15 is 0 Å². The second-order valence-corrected chi connectivity index (χ2v) is 8.79. The van der Waals surface area contributed by atoms with E-state index in [1.54, 1.807) is 36.5 Å². The number of nitrogens with zero attached hydrogens (tertiary/aromatic N) is 1. The maximum absolute atomic E-state index is 12.3. The highest BCUT2D eigenvalue weighted by atomic mass is 35.5.